The number of para-hydroxylation sites is 1. The lowest BCUT2D eigenvalue weighted by atomic mass is 9.98. The van der Waals surface area contributed by atoms with Gasteiger partial charge in [0, 0.05) is 23.6 Å². The Balaban J connectivity index is 2.04. The Hall–Kier alpha value is -1.12. The first-order valence-corrected chi connectivity index (χ1v) is 6.37. The number of fused-ring (bicyclic) bond motifs is 1. The summed E-state index contributed by atoms with van der Waals surface area (Å²) in [4.78, 5) is 4.37. The Labute approximate surface area is 106 Å². The van der Waals surface area contributed by atoms with Gasteiger partial charge in [-0.15, -0.1) is 11.6 Å². The van der Waals surface area contributed by atoms with Crippen LogP contribution in [0.1, 0.15) is 24.5 Å². The van der Waals surface area contributed by atoms with E-state index in [-0.39, 0.29) is 11.5 Å². The van der Waals surface area contributed by atoms with Gasteiger partial charge in [-0.1, -0.05) is 18.2 Å². The largest absolute Gasteiger partial charge is 0.373 e. The standard InChI is InChI=1S/C14H14ClNO/c15-10-6-8-17-14(9-10)12-5-7-16-13-4-2-1-3-11(12)13/h1-5,7,10,14H,6,8-9H2. The highest BCUT2D eigenvalue weighted by molar-refractivity contribution is 6.20. The molecule has 1 aromatic carbocycles. The lowest BCUT2D eigenvalue weighted by Crippen LogP contribution is -2.20. The van der Waals surface area contributed by atoms with Gasteiger partial charge in [-0.2, -0.15) is 0 Å². The molecule has 3 heteroatoms. The van der Waals surface area contributed by atoms with Crippen LogP contribution in [-0.4, -0.2) is 17.0 Å². The van der Waals surface area contributed by atoms with E-state index < -0.39 is 0 Å². The highest BCUT2D eigenvalue weighted by atomic mass is 35.5. The molecule has 2 heterocycles. The van der Waals surface area contributed by atoms with E-state index in [1.54, 1.807) is 0 Å². The van der Waals surface area contributed by atoms with E-state index >= 15 is 0 Å². The summed E-state index contributed by atoms with van der Waals surface area (Å²) in [5, 5.41) is 1.39. The first kappa shape index (κ1) is 11.0. The predicted molar refractivity (Wildman–Crippen MR) is 69.3 cm³/mol. The van der Waals surface area contributed by atoms with Crippen LogP contribution in [0.15, 0.2) is 36.5 Å². The normalized spacial score (nSPS) is 25.0. The highest BCUT2D eigenvalue weighted by Gasteiger charge is 2.23. The minimum atomic E-state index is 0.110. The van der Waals surface area contributed by atoms with Crippen molar-refractivity contribution in [3.05, 3.63) is 42.1 Å². The lowest BCUT2D eigenvalue weighted by molar-refractivity contribution is 0.0177. The molecule has 1 saturated heterocycles. The summed E-state index contributed by atoms with van der Waals surface area (Å²) in [6.07, 6.45) is 3.79. The van der Waals surface area contributed by atoms with Gasteiger partial charge in [0.15, 0.2) is 0 Å². The van der Waals surface area contributed by atoms with Crippen molar-refractivity contribution >= 4 is 22.5 Å². The van der Waals surface area contributed by atoms with Crippen LogP contribution in [0.4, 0.5) is 0 Å². The molecule has 88 valence electrons. The van der Waals surface area contributed by atoms with Gasteiger partial charge in [0.25, 0.3) is 0 Å². The van der Waals surface area contributed by atoms with Gasteiger partial charge in [0.1, 0.15) is 0 Å². The van der Waals surface area contributed by atoms with Crippen LogP contribution < -0.4 is 0 Å². The maximum absolute atomic E-state index is 6.22. The minimum absolute atomic E-state index is 0.110. The number of nitrogens with zero attached hydrogens (tertiary/aromatic N) is 1. The second-order valence-corrected chi connectivity index (χ2v) is 5.02. The minimum Gasteiger partial charge on any atom is -0.373 e. The summed E-state index contributed by atoms with van der Waals surface area (Å²) in [7, 11) is 0. The van der Waals surface area contributed by atoms with Crippen molar-refractivity contribution in [3.63, 3.8) is 0 Å². The molecular formula is C14H14ClNO. The Morgan fingerprint density at radius 1 is 1.24 bits per heavy atom. The molecule has 0 spiro atoms. The smallest absolute Gasteiger partial charge is 0.0846 e. The summed E-state index contributed by atoms with van der Waals surface area (Å²) < 4.78 is 5.83. The number of rotatable bonds is 1. The Kier molecular flexibility index (Phi) is 3.00. The van der Waals surface area contributed by atoms with E-state index in [9.17, 15) is 0 Å². The van der Waals surface area contributed by atoms with E-state index in [0.717, 1.165) is 25.0 Å². The highest BCUT2D eigenvalue weighted by Crippen LogP contribution is 2.33. The molecule has 1 aliphatic heterocycles. The average Bonchev–Trinajstić information content (AvgIpc) is 2.38. The second kappa shape index (κ2) is 4.63. The van der Waals surface area contributed by atoms with Gasteiger partial charge in [-0.3, -0.25) is 4.98 Å². The van der Waals surface area contributed by atoms with Crippen LogP contribution in [0.3, 0.4) is 0 Å². The first-order chi connectivity index (χ1) is 8.34. The van der Waals surface area contributed by atoms with E-state index in [1.807, 2.05) is 30.5 Å². The van der Waals surface area contributed by atoms with E-state index in [0.29, 0.717) is 0 Å². The molecule has 0 radical (unpaired) electrons. The molecule has 17 heavy (non-hydrogen) atoms. The average molecular weight is 248 g/mol. The Bertz CT molecular complexity index is 523. The predicted octanol–water partition coefficient (Wildman–Crippen LogP) is 3.69. The molecule has 0 amide bonds. The topological polar surface area (TPSA) is 22.1 Å². The molecule has 1 aromatic heterocycles. The summed E-state index contributed by atoms with van der Waals surface area (Å²) >= 11 is 6.22. The van der Waals surface area contributed by atoms with E-state index in [1.165, 1.54) is 10.9 Å². The van der Waals surface area contributed by atoms with Crippen molar-refractivity contribution in [2.75, 3.05) is 6.61 Å². The van der Waals surface area contributed by atoms with Gasteiger partial charge in [-0.25, -0.2) is 0 Å². The maximum atomic E-state index is 6.22. The number of hydrogen-bond acceptors (Lipinski definition) is 2. The number of hydrogen-bond donors (Lipinski definition) is 0. The van der Waals surface area contributed by atoms with Crippen molar-refractivity contribution in [1.82, 2.24) is 4.98 Å². The van der Waals surface area contributed by atoms with Crippen molar-refractivity contribution < 1.29 is 4.74 Å². The summed E-state index contributed by atoms with van der Waals surface area (Å²) in [6.45, 7) is 0.746. The molecule has 3 rings (SSSR count). The van der Waals surface area contributed by atoms with Gasteiger partial charge in [0.05, 0.1) is 11.6 Å². The summed E-state index contributed by atoms with van der Waals surface area (Å²) in [5.41, 5.74) is 2.23. The Morgan fingerprint density at radius 2 is 2.12 bits per heavy atom. The number of benzene rings is 1. The molecule has 2 nitrogen and oxygen atoms in total. The molecule has 0 aliphatic carbocycles. The third kappa shape index (κ3) is 2.15. The third-order valence-corrected chi connectivity index (χ3v) is 3.65. The van der Waals surface area contributed by atoms with Crippen molar-refractivity contribution in [1.29, 1.82) is 0 Å². The quantitative estimate of drug-likeness (QED) is 0.717. The zero-order valence-electron chi connectivity index (χ0n) is 9.47. The van der Waals surface area contributed by atoms with E-state index in [2.05, 4.69) is 11.1 Å². The fourth-order valence-electron chi connectivity index (χ4n) is 2.37. The van der Waals surface area contributed by atoms with Gasteiger partial charge < -0.3 is 4.74 Å². The zero-order chi connectivity index (χ0) is 11.7. The van der Waals surface area contributed by atoms with Crippen LogP contribution in [0, 0.1) is 0 Å². The van der Waals surface area contributed by atoms with Gasteiger partial charge in [0.2, 0.25) is 0 Å². The molecule has 1 fully saturated rings. The second-order valence-electron chi connectivity index (χ2n) is 4.40. The molecule has 0 saturated carbocycles. The monoisotopic (exact) mass is 247 g/mol. The number of aromatic nitrogens is 1. The molecule has 0 bridgehead atoms. The lowest BCUT2D eigenvalue weighted by Gasteiger charge is -2.27. The number of halogens is 1. The molecule has 1 aliphatic rings. The molecule has 2 atom stereocenters. The van der Waals surface area contributed by atoms with Crippen LogP contribution in [0.2, 0.25) is 0 Å². The fraction of sp³-hybridized carbons (Fsp3) is 0.357. The molecule has 0 N–H and O–H groups in total. The first-order valence-electron chi connectivity index (χ1n) is 5.94. The van der Waals surface area contributed by atoms with E-state index in [4.69, 9.17) is 16.3 Å². The number of ether oxygens (including phenoxy) is 1. The number of alkyl halides is 1. The Morgan fingerprint density at radius 3 is 3.00 bits per heavy atom. The van der Waals surface area contributed by atoms with Crippen LogP contribution in [0.25, 0.3) is 10.9 Å². The van der Waals surface area contributed by atoms with Gasteiger partial charge >= 0.3 is 0 Å². The van der Waals surface area contributed by atoms with Crippen molar-refractivity contribution in [2.45, 2.75) is 24.3 Å². The summed E-state index contributed by atoms with van der Waals surface area (Å²) in [5.74, 6) is 0. The van der Waals surface area contributed by atoms with Crippen LogP contribution in [-0.2, 0) is 4.74 Å². The molecular weight excluding hydrogens is 234 g/mol. The van der Waals surface area contributed by atoms with Crippen LogP contribution >= 0.6 is 11.6 Å². The fourth-order valence-corrected chi connectivity index (χ4v) is 2.62. The summed E-state index contributed by atoms with van der Waals surface area (Å²) in [6, 6.07) is 10.2. The zero-order valence-corrected chi connectivity index (χ0v) is 10.2. The molecule has 2 unspecified atom stereocenters. The number of pyridine rings is 1. The van der Waals surface area contributed by atoms with Crippen molar-refractivity contribution in [3.8, 4) is 0 Å². The van der Waals surface area contributed by atoms with Gasteiger partial charge in [-0.05, 0) is 30.5 Å². The molecule has 2 aromatic rings. The maximum Gasteiger partial charge on any atom is 0.0846 e. The van der Waals surface area contributed by atoms with Crippen LogP contribution in [0.5, 0.6) is 0 Å². The van der Waals surface area contributed by atoms with Crippen molar-refractivity contribution in [2.24, 2.45) is 0 Å². The SMILES string of the molecule is ClC1CCOC(c2ccnc3ccccc23)C1. The third-order valence-electron chi connectivity index (χ3n) is 3.25.